The van der Waals surface area contributed by atoms with Crippen LogP contribution in [-0.4, -0.2) is 25.3 Å². The van der Waals surface area contributed by atoms with Crippen molar-refractivity contribution in [3.05, 3.63) is 23.3 Å². The van der Waals surface area contributed by atoms with Crippen molar-refractivity contribution in [2.24, 2.45) is 5.73 Å². The number of carboxylic acid groups (broad SMARTS) is 1. The molecule has 1 unspecified atom stereocenters. The summed E-state index contributed by atoms with van der Waals surface area (Å²) < 4.78 is 37.0. The van der Waals surface area contributed by atoms with Crippen LogP contribution in [0.4, 0.5) is 8.78 Å². The SMILES string of the molecule is COc1c(F)cc(F)c(C(N)CCC(=O)O)c1OC. The molecule has 0 aliphatic carbocycles. The second-order valence-corrected chi connectivity index (χ2v) is 3.86. The highest BCUT2D eigenvalue weighted by molar-refractivity contribution is 5.66. The highest BCUT2D eigenvalue weighted by Crippen LogP contribution is 2.39. The van der Waals surface area contributed by atoms with E-state index >= 15 is 0 Å². The van der Waals surface area contributed by atoms with Gasteiger partial charge < -0.3 is 20.3 Å². The van der Waals surface area contributed by atoms with Crippen LogP contribution in [0.25, 0.3) is 0 Å². The number of nitrogens with two attached hydrogens (primary N) is 1. The summed E-state index contributed by atoms with van der Waals surface area (Å²) in [5.41, 5.74) is 5.64. The first-order chi connectivity index (χ1) is 8.92. The molecule has 0 aliphatic heterocycles. The molecule has 0 fully saturated rings. The van der Waals surface area contributed by atoms with Crippen molar-refractivity contribution in [2.75, 3.05) is 14.2 Å². The van der Waals surface area contributed by atoms with E-state index in [0.717, 1.165) is 0 Å². The zero-order chi connectivity index (χ0) is 14.6. The molecule has 1 rings (SSSR count). The van der Waals surface area contributed by atoms with E-state index in [4.69, 9.17) is 20.3 Å². The maximum Gasteiger partial charge on any atom is 0.303 e. The van der Waals surface area contributed by atoms with Gasteiger partial charge in [0.1, 0.15) is 5.82 Å². The van der Waals surface area contributed by atoms with Crippen molar-refractivity contribution in [1.82, 2.24) is 0 Å². The molecule has 1 aromatic rings. The van der Waals surface area contributed by atoms with Crippen molar-refractivity contribution in [1.29, 1.82) is 0 Å². The van der Waals surface area contributed by atoms with E-state index in [9.17, 15) is 13.6 Å². The largest absolute Gasteiger partial charge is 0.492 e. The molecule has 1 atom stereocenters. The number of aliphatic carboxylic acids is 1. The van der Waals surface area contributed by atoms with Gasteiger partial charge in [0, 0.05) is 18.5 Å². The van der Waals surface area contributed by atoms with Gasteiger partial charge in [-0.1, -0.05) is 0 Å². The molecule has 0 spiro atoms. The summed E-state index contributed by atoms with van der Waals surface area (Å²) in [5.74, 6) is -3.27. The summed E-state index contributed by atoms with van der Waals surface area (Å²) in [6.07, 6.45) is -0.235. The van der Waals surface area contributed by atoms with Gasteiger partial charge in [0.25, 0.3) is 0 Å². The van der Waals surface area contributed by atoms with E-state index in [1.54, 1.807) is 0 Å². The van der Waals surface area contributed by atoms with E-state index in [1.807, 2.05) is 0 Å². The second kappa shape index (κ2) is 6.33. The summed E-state index contributed by atoms with van der Waals surface area (Å²) in [5, 5.41) is 8.58. The monoisotopic (exact) mass is 275 g/mol. The number of ether oxygens (including phenoxy) is 2. The molecular formula is C12H15F2NO4. The normalized spacial score (nSPS) is 12.1. The molecule has 0 radical (unpaired) electrons. The third-order valence-electron chi connectivity index (χ3n) is 2.63. The molecule has 0 heterocycles. The summed E-state index contributed by atoms with van der Waals surface area (Å²) in [6, 6.07) is -0.294. The van der Waals surface area contributed by atoms with Crippen LogP contribution >= 0.6 is 0 Å². The van der Waals surface area contributed by atoms with Crippen molar-refractivity contribution in [2.45, 2.75) is 18.9 Å². The fourth-order valence-corrected chi connectivity index (χ4v) is 1.76. The Balaban J connectivity index is 3.21. The quantitative estimate of drug-likeness (QED) is 0.828. The number of methoxy groups -OCH3 is 2. The molecule has 0 aromatic heterocycles. The smallest absolute Gasteiger partial charge is 0.303 e. The molecule has 3 N–H and O–H groups in total. The number of carbonyl (C=O) groups is 1. The highest BCUT2D eigenvalue weighted by Gasteiger charge is 2.24. The maximum absolute atomic E-state index is 13.8. The minimum atomic E-state index is -1.05. The zero-order valence-electron chi connectivity index (χ0n) is 10.6. The van der Waals surface area contributed by atoms with Crippen molar-refractivity contribution < 1.29 is 28.2 Å². The van der Waals surface area contributed by atoms with Gasteiger partial charge in [-0.3, -0.25) is 4.79 Å². The minimum Gasteiger partial charge on any atom is -0.492 e. The lowest BCUT2D eigenvalue weighted by atomic mass is 10.0. The van der Waals surface area contributed by atoms with Gasteiger partial charge in [-0.15, -0.1) is 0 Å². The lowest BCUT2D eigenvalue weighted by molar-refractivity contribution is -0.137. The van der Waals surface area contributed by atoms with Crippen molar-refractivity contribution in [3.63, 3.8) is 0 Å². The highest BCUT2D eigenvalue weighted by atomic mass is 19.1. The van der Waals surface area contributed by atoms with E-state index in [2.05, 4.69) is 0 Å². The molecule has 7 heteroatoms. The molecule has 0 saturated carbocycles. The summed E-state index contributed by atoms with van der Waals surface area (Å²) >= 11 is 0. The molecule has 19 heavy (non-hydrogen) atoms. The fraction of sp³-hybridized carbons (Fsp3) is 0.417. The predicted octanol–water partition coefficient (Wildman–Crippen LogP) is 1.85. The molecule has 0 aliphatic rings. The number of hydrogen-bond donors (Lipinski definition) is 2. The molecular weight excluding hydrogens is 260 g/mol. The number of carboxylic acids is 1. The lowest BCUT2D eigenvalue weighted by Crippen LogP contribution is -2.16. The average molecular weight is 275 g/mol. The average Bonchev–Trinajstić information content (AvgIpc) is 2.34. The molecule has 0 amide bonds. The maximum atomic E-state index is 13.8. The van der Waals surface area contributed by atoms with Crippen LogP contribution in [0.15, 0.2) is 6.07 Å². The summed E-state index contributed by atoms with van der Waals surface area (Å²) in [4.78, 5) is 10.5. The van der Waals surface area contributed by atoms with Crippen molar-refractivity contribution >= 4 is 5.97 Å². The Morgan fingerprint density at radius 2 is 1.89 bits per heavy atom. The first kappa shape index (κ1) is 15.2. The first-order valence-electron chi connectivity index (χ1n) is 5.49. The third-order valence-corrected chi connectivity index (χ3v) is 2.63. The van der Waals surface area contributed by atoms with Crippen LogP contribution in [0, 0.1) is 11.6 Å². The lowest BCUT2D eigenvalue weighted by Gasteiger charge is -2.18. The number of halogens is 2. The van der Waals surface area contributed by atoms with E-state index in [-0.39, 0.29) is 29.9 Å². The molecule has 1 aromatic carbocycles. The third kappa shape index (κ3) is 3.31. The Bertz CT molecular complexity index is 479. The van der Waals surface area contributed by atoms with Gasteiger partial charge in [-0.25, -0.2) is 8.78 Å². The van der Waals surface area contributed by atoms with Crippen LogP contribution in [0.2, 0.25) is 0 Å². The summed E-state index contributed by atoms with van der Waals surface area (Å²) in [7, 11) is 2.44. The van der Waals surface area contributed by atoms with E-state index in [0.29, 0.717) is 6.07 Å². The molecule has 0 saturated heterocycles. The Hall–Kier alpha value is -1.89. The van der Waals surface area contributed by atoms with Gasteiger partial charge in [0.2, 0.25) is 0 Å². The van der Waals surface area contributed by atoms with Crippen LogP contribution in [-0.2, 0) is 4.79 Å². The van der Waals surface area contributed by atoms with Gasteiger partial charge in [-0.05, 0) is 6.42 Å². The second-order valence-electron chi connectivity index (χ2n) is 3.86. The number of benzene rings is 1. The standard InChI is InChI=1S/C12H15F2NO4/c1-18-11-7(14)5-6(13)10(12(11)19-2)8(15)3-4-9(16)17/h5,8H,3-4,15H2,1-2H3,(H,16,17). The van der Waals surface area contributed by atoms with Crippen LogP contribution < -0.4 is 15.2 Å². The minimum absolute atomic E-state index is 0.00258. The zero-order valence-corrected chi connectivity index (χ0v) is 10.6. The van der Waals surface area contributed by atoms with E-state index < -0.39 is 23.6 Å². The topological polar surface area (TPSA) is 81.8 Å². The van der Waals surface area contributed by atoms with Gasteiger partial charge >= 0.3 is 5.97 Å². The fourth-order valence-electron chi connectivity index (χ4n) is 1.76. The van der Waals surface area contributed by atoms with Gasteiger partial charge in [0.05, 0.1) is 19.8 Å². The molecule has 106 valence electrons. The van der Waals surface area contributed by atoms with Crippen LogP contribution in [0.5, 0.6) is 11.5 Å². The number of rotatable bonds is 6. The van der Waals surface area contributed by atoms with Gasteiger partial charge in [0.15, 0.2) is 17.3 Å². The molecule has 0 bridgehead atoms. The summed E-state index contributed by atoms with van der Waals surface area (Å²) in [6.45, 7) is 0. The van der Waals surface area contributed by atoms with Crippen LogP contribution in [0.3, 0.4) is 0 Å². The predicted molar refractivity (Wildman–Crippen MR) is 63.3 cm³/mol. The van der Waals surface area contributed by atoms with E-state index in [1.165, 1.54) is 14.2 Å². The molecule has 5 nitrogen and oxygen atoms in total. The Morgan fingerprint density at radius 1 is 1.32 bits per heavy atom. The van der Waals surface area contributed by atoms with Gasteiger partial charge in [-0.2, -0.15) is 0 Å². The number of hydrogen-bond acceptors (Lipinski definition) is 4. The Labute approximate surface area is 108 Å². The van der Waals surface area contributed by atoms with Crippen molar-refractivity contribution in [3.8, 4) is 11.5 Å². The first-order valence-corrected chi connectivity index (χ1v) is 5.49. The van der Waals surface area contributed by atoms with Crippen LogP contribution in [0.1, 0.15) is 24.4 Å². The Kier molecular flexibility index (Phi) is 5.05. The Morgan fingerprint density at radius 3 is 2.37 bits per heavy atom.